The van der Waals surface area contributed by atoms with Crippen LogP contribution in [0.15, 0.2) is 76.2 Å². The Morgan fingerprint density at radius 2 is 1.72 bits per heavy atom. The highest BCUT2D eigenvalue weighted by atomic mass is 32.2. The molecule has 1 aliphatic rings. The number of hydrogen-bond donors (Lipinski definition) is 1. The zero-order valence-corrected chi connectivity index (χ0v) is 16.4. The van der Waals surface area contributed by atoms with Crippen LogP contribution < -0.4 is 9.47 Å². The first-order chi connectivity index (χ1) is 14.0. The molecule has 0 spiro atoms. The summed E-state index contributed by atoms with van der Waals surface area (Å²) in [5.41, 5.74) is 0.634. The van der Waals surface area contributed by atoms with E-state index in [0.29, 0.717) is 36.0 Å². The Morgan fingerprint density at radius 3 is 2.45 bits per heavy atom. The standard InChI is InChI=1S/C21H21NO6S/c23-19(16-5-2-1-3-6-16)15-22(14-17-7-4-10-26-17)29(24,25)18-8-9-20-21(13-18)28-12-11-27-20/h1-10,13,19,23H,11-12,14-15H2/t19-/m0/s1. The summed E-state index contributed by atoms with van der Waals surface area (Å²) in [6.07, 6.45) is 0.496. The Balaban J connectivity index is 1.65. The van der Waals surface area contributed by atoms with E-state index in [1.165, 1.54) is 22.7 Å². The lowest BCUT2D eigenvalue weighted by atomic mass is 10.1. The van der Waals surface area contributed by atoms with Gasteiger partial charge in [-0.05, 0) is 29.8 Å². The van der Waals surface area contributed by atoms with Gasteiger partial charge in [-0.25, -0.2) is 8.42 Å². The van der Waals surface area contributed by atoms with Gasteiger partial charge >= 0.3 is 0 Å². The molecule has 1 aromatic heterocycles. The fourth-order valence-corrected chi connectivity index (χ4v) is 4.56. The minimum atomic E-state index is -3.94. The topological polar surface area (TPSA) is 89.2 Å². The van der Waals surface area contributed by atoms with E-state index in [-0.39, 0.29) is 18.0 Å². The van der Waals surface area contributed by atoms with Gasteiger partial charge in [-0.3, -0.25) is 0 Å². The van der Waals surface area contributed by atoms with Crippen LogP contribution in [0.4, 0.5) is 0 Å². The van der Waals surface area contributed by atoms with Crippen molar-refractivity contribution in [2.75, 3.05) is 19.8 Å². The maximum absolute atomic E-state index is 13.4. The van der Waals surface area contributed by atoms with Crippen LogP contribution in [0.5, 0.6) is 11.5 Å². The van der Waals surface area contributed by atoms with Crippen LogP contribution >= 0.6 is 0 Å². The van der Waals surface area contributed by atoms with E-state index < -0.39 is 16.1 Å². The molecule has 3 aromatic rings. The first kappa shape index (κ1) is 19.5. The highest BCUT2D eigenvalue weighted by Crippen LogP contribution is 2.34. The first-order valence-electron chi connectivity index (χ1n) is 9.19. The molecule has 0 aliphatic carbocycles. The van der Waals surface area contributed by atoms with Gasteiger partial charge in [0.2, 0.25) is 10.0 Å². The van der Waals surface area contributed by atoms with Gasteiger partial charge in [-0.15, -0.1) is 0 Å². The lowest BCUT2D eigenvalue weighted by molar-refractivity contribution is 0.143. The number of benzene rings is 2. The van der Waals surface area contributed by atoms with Gasteiger partial charge in [0.05, 0.1) is 23.8 Å². The minimum absolute atomic E-state index is 0.00628. The number of rotatable bonds is 7. The summed E-state index contributed by atoms with van der Waals surface area (Å²) in [5, 5.41) is 10.6. The molecule has 2 heterocycles. The average Bonchev–Trinajstić information content (AvgIpc) is 3.26. The van der Waals surface area contributed by atoms with Gasteiger partial charge in [0.1, 0.15) is 19.0 Å². The fraction of sp³-hybridized carbons (Fsp3) is 0.238. The van der Waals surface area contributed by atoms with Crippen molar-refractivity contribution in [2.24, 2.45) is 0 Å². The van der Waals surface area contributed by atoms with Crippen molar-refractivity contribution < 1.29 is 27.4 Å². The lowest BCUT2D eigenvalue weighted by Gasteiger charge is -2.25. The molecule has 0 fully saturated rings. The molecule has 0 unspecified atom stereocenters. The zero-order valence-electron chi connectivity index (χ0n) is 15.6. The summed E-state index contributed by atoms with van der Waals surface area (Å²) in [6.45, 7) is 0.654. The van der Waals surface area contributed by atoms with Crippen LogP contribution in [0.1, 0.15) is 17.4 Å². The molecular weight excluding hydrogens is 394 g/mol. The molecule has 0 radical (unpaired) electrons. The third kappa shape index (κ3) is 4.29. The molecule has 0 saturated heterocycles. The number of nitrogens with zero attached hydrogens (tertiary/aromatic N) is 1. The summed E-state index contributed by atoms with van der Waals surface area (Å²) in [4.78, 5) is 0.0635. The van der Waals surface area contributed by atoms with Crippen molar-refractivity contribution in [2.45, 2.75) is 17.5 Å². The molecule has 1 N–H and O–H groups in total. The molecular formula is C21H21NO6S. The van der Waals surface area contributed by atoms with E-state index >= 15 is 0 Å². The lowest BCUT2D eigenvalue weighted by Crippen LogP contribution is -2.34. The molecule has 0 amide bonds. The molecule has 152 valence electrons. The second-order valence-electron chi connectivity index (χ2n) is 6.61. The van der Waals surface area contributed by atoms with Gasteiger partial charge in [0.25, 0.3) is 0 Å². The van der Waals surface area contributed by atoms with Crippen molar-refractivity contribution in [1.82, 2.24) is 4.31 Å². The van der Waals surface area contributed by atoms with Crippen LogP contribution in [-0.4, -0.2) is 37.6 Å². The number of ether oxygens (including phenoxy) is 2. The predicted octanol–water partition coefficient (Wildman–Crippen LogP) is 2.98. The van der Waals surface area contributed by atoms with E-state index in [4.69, 9.17) is 13.9 Å². The van der Waals surface area contributed by atoms with Crippen LogP contribution in [0, 0.1) is 0 Å². The molecule has 1 atom stereocenters. The van der Waals surface area contributed by atoms with E-state index in [1.807, 2.05) is 6.07 Å². The molecule has 0 saturated carbocycles. The predicted molar refractivity (Wildman–Crippen MR) is 105 cm³/mol. The number of fused-ring (bicyclic) bond motifs is 1. The molecule has 1 aliphatic heterocycles. The Hall–Kier alpha value is -2.81. The average molecular weight is 415 g/mol. The third-order valence-electron chi connectivity index (χ3n) is 4.62. The van der Waals surface area contributed by atoms with Crippen LogP contribution in [0.25, 0.3) is 0 Å². The van der Waals surface area contributed by atoms with Crippen molar-refractivity contribution in [1.29, 1.82) is 0 Å². The van der Waals surface area contributed by atoms with Crippen LogP contribution in [-0.2, 0) is 16.6 Å². The number of furan rings is 1. The van der Waals surface area contributed by atoms with Crippen LogP contribution in [0.2, 0.25) is 0 Å². The van der Waals surface area contributed by atoms with E-state index in [2.05, 4.69) is 0 Å². The van der Waals surface area contributed by atoms with Gasteiger partial charge in [0, 0.05) is 12.6 Å². The van der Waals surface area contributed by atoms with Gasteiger partial charge in [-0.1, -0.05) is 30.3 Å². The smallest absolute Gasteiger partial charge is 0.243 e. The second kappa shape index (κ2) is 8.28. The number of aliphatic hydroxyl groups is 1. The zero-order chi connectivity index (χ0) is 20.3. The maximum atomic E-state index is 13.4. The molecule has 4 rings (SSSR count). The molecule has 0 bridgehead atoms. The summed E-state index contributed by atoms with van der Waals surface area (Å²) in [5.74, 6) is 1.38. The van der Waals surface area contributed by atoms with Gasteiger partial charge < -0.3 is 19.0 Å². The summed E-state index contributed by atoms with van der Waals surface area (Å²) in [6, 6.07) is 16.8. The van der Waals surface area contributed by atoms with E-state index in [0.717, 1.165) is 0 Å². The quantitative estimate of drug-likeness (QED) is 0.638. The Morgan fingerprint density at radius 1 is 0.966 bits per heavy atom. The van der Waals surface area contributed by atoms with Crippen LogP contribution in [0.3, 0.4) is 0 Å². The first-order valence-corrected chi connectivity index (χ1v) is 10.6. The number of hydrogen-bond acceptors (Lipinski definition) is 6. The van der Waals surface area contributed by atoms with Crippen molar-refractivity contribution >= 4 is 10.0 Å². The van der Waals surface area contributed by atoms with Crippen molar-refractivity contribution in [3.8, 4) is 11.5 Å². The van der Waals surface area contributed by atoms with E-state index in [1.54, 1.807) is 42.5 Å². The van der Waals surface area contributed by atoms with Gasteiger partial charge in [-0.2, -0.15) is 4.31 Å². The summed E-state index contributed by atoms with van der Waals surface area (Å²) in [7, 11) is -3.94. The Kier molecular flexibility index (Phi) is 5.57. The maximum Gasteiger partial charge on any atom is 0.243 e. The largest absolute Gasteiger partial charge is 0.486 e. The molecule has 29 heavy (non-hydrogen) atoms. The number of sulfonamides is 1. The molecule has 7 nitrogen and oxygen atoms in total. The second-order valence-corrected chi connectivity index (χ2v) is 8.55. The summed E-state index contributed by atoms with van der Waals surface area (Å²) < 4.78 is 44.3. The summed E-state index contributed by atoms with van der Waals surface area (Å²) >= 11 is 0. The van der Waals surface area contributed by atoms with Crippen molar-refractivity contribution in [3.63, 3.8) is 0 Å². The normalized spacial score (nSPS) is 14.7. The molecule has 8 heteroatoms. The highest BCUT2D eigenvalue weighted by molar-refractivity contribution is 7.89. The molecule has 2 aromatic carbocycles. The Bertz CT molecular complexity index is 1050. The van der Waals surface area contributed by atoms with Crippen molar-refractivity contribution in [3.05, 3.63) is 78.3 Å². The highest BCUT2D eigenvalue weighted by Gasteiger charge is 2.29. The number of aliphatic hydroxyl groups excluding tert-OH is 1. The Labute approximate surface area is 169 Å². The SMILES string of the molecule is O=S(=O)(c1ccc2c(c1)OCCO2)N(Cc1ccco1)C[C@H](O)c1ccccc1. The monoisotopic (exact) mass is 415 g/mol. The third-order valence-corrected chi connectivity index (χ3v) is 6.43. The fourth-order valence-electron chi connectivity index (χ4n) is 3.13. The van der Waals surface area contributed by atoms with Gasteiger partial charge in [0.15, 0.2) is 11.5 Å². The minimum Gasteiger partial charge on any atom is -0.486 e. The van der Waals surface area contributed by atoms with E-state index in [9.17, 15) is 13.5 Å².